The molecule has 1 unspecified atom stereocenters. The molecular weight excluding hydrogens is 461 g/mol. The molecular formula is C21H21F3N4O4S. The van der Waals surface area contributed by atoms with E-state index < -0.39 is 39.3 Å². The molecule has 12 heteroatoms. The number of nitrogens with zero attached hydrogens (tertiary/aromatic N) is 3. The topological polar surface area (TPSA) is 103 Å². The molecule has 176 valence electrons. The Morgan fingerprint density at radius 2 is 1.85 bits per heavy atom. The largest absolute Gasteiger partial charge is 0.497 e. The normalized spacial score (nSPS) is 17.3. The molecule has 0 saturated carbocycles. The average molecular weight is 482 g/mol. The summed E-state index contributed by atoms with van der Waals surface area (Å²) in [5.41, 5.74) is -1.47. The summed E-state index contributed by atoms with van der Waals surface area (Å²) < 4.78 is 72.7. The molecule has 0 aliphatic carbocycles. The van der Waals surface area contributed by atoms with Gasteiger partial charge in [-0.1, -0.05) is 0 Å². The van der Waals surface area contributed by atoms with Gasteiger partial charge < -0.3 is 15.0 Å². The fourth-order valence-electron chi connectivity index (χ4n) is 3.61. The summed E-state index contributed by atoms with van der Waals surface area (Å²) >= 11 is 0. The number of alkyl halides is 3. The molecule has 8 nitrogen and oxygen atoms in total. The van der Waals surface area contributed by atoms with Gasteiger partial charge in [0, 0.05) is 32.4 Å². The molecule has 1 amide bonds. The second-order valence-electron chi connectivity index (χ2n) is 7.21. The van der Waals surface area contributed by atoms with Crippen molar-refractivity contribution in [3.63, 3.8) is 0 Å². The Kier molecular flexibility index (Phi) is 6.85. The first kappa shape index (κ1) is 24.3. The number of ether oxygens (including phenoxy) is 1. The first-order valence-electron chi connectivity index (χ1n) is 9.76. The van der Waals surface area contributed by atoms with Gasteiger partial charge in [-0.3, -0.25) is 4.79 Å². The second-order valence-corrected chi connectivity index (χ2v) is 9.10. The Balaban J connectivity index is 1.95. The Morgan fingerprint density at radius 1 is 1.18 bits per heavy atom. The molecule has 1 aliphatic rings. The number of benzene rings is 2. The number of piperazine rings is 1. The summed E-state index contributed by atoms with van der Waals surface area (Å²) in [7, 11) is -1.28. The maximum absolute atomic E-state index is 13.4. The van der Waals surface area contributed by atoms with Gasteiger partial charge in [-0.25, -0.2) is 8.42 Å². The van der Waals surface area contributed by atoms with E-state index in [9.17, 15) is 26.4 Å². The van der Waals surface area contributed by atoms with E-state index in [1.807, 2.05) is 0 Å². The molecule has 1 aliphatic heterocycles. The van der Waals surface area contributed by atoms with Gasteiger partial charge in [0.15, 0.2) is 0 Å². The van der Waals surface area contributed by atoms with Crippen molar-refractivity contribution in [2.75, 3.05) is 38.7 Å². The van der Waals surface area contributed by atoms with E-state index in [4.69, 9.17) is 10.00 Å². The minimum absolute atomic E-state index is 0.0385. The highest BCUT2D eigenvalue weighted by molar-refractivity contribution is 7.89. The molecule has 0 radical (unpaired) electrons. The van der Waals surface area contributed by atoms with Crippen molar-refractivity contribution < 1.29 is 31.1 Å². The van der Waals surface area contributed by atoms with E-state index >= 15 is 0 Å². The summed E-state index contributed by atoms with van der Waals surface area (Å²) in [6.07, 6.45) is -4.74. The third kappa shape index (κ3) is 4.89. The van der Waals surface area contributed by atoms with E-state index in [0.29, 0.717) is 5.75 Å². The van der Waals surface area contributed by atoms with Gasteiger partial charge in [0.2, 0.25) is 15.9 Å². The van der Waals surface area contributed by atoms with Crippen molar-refractivity contribution in [1.29, 1.82) is 5.26 Å². The molecule has 0 spiro atoms. The molecule has 1 N–H and O–H groups in total. The van der Waals surface area contributed by atoms with E-state index in [-0.39, 0.29) is 30.2 Å². The highest BCUT2D eigenvalue weighted by Gasteiger charge is 2.41. The predicted octanol–water partition coefficient (Wildman–Crippen LogP) is 2.21. The number of hydrogen-bond acceptors (Lipinski definition) is 6. The number of carbonyl (C=O) groups excluding carboxylic acids is 1. The van der Waals surface area contributed by atoms with Gasteiger partial charge in [0.1, 0.15) is 11.8 Å². The number of methoxy groups -OCH3 is 1. The van der Waals surface area contributed by atoms with E-state index in [0.717, 1.165) is 16.4 Å². The highest BCUT2D eigenvalue weighted by atomic mass is 32.2. The zero-order chi connectivity index (χ0) is 24.4. The van der Waals surface area contributed by atoms with Crippen LogP contribution in [0, 0.1) is 11.3 Å². The van der Waals surface area contributed by atoms with Crippen molar-refractivity contribution in [3.05, 3.63) is 53.6 Å². The summed E-state index contributed by atoms with van der Waals surface area (Å²) in [5, 5.41) is 11.4. The number of sulfonamides is 1. The standard InChI is InChI=1S/C21H21F3N4O4S/c1-26-20(29)19-13-27(15-4-3-14(12-25)18(11-15)21(22,23)24)9-10-28(19)33(30,31)17-7-5-16(32-2)6-8-17/h3-8,11,19H,9-10,13H2,1-2H3,(H,26,29). The van der Waals surface area contributed by atoms with Gasteiger partial charge in [-0.2, -0.15) is 22.7 Å². The lowest BCUT2D eigenvalue weighted by atomic mass is 10.1. The molecule has 1 fully saturated rings. The van der Waals surface area contributed by atoms with Gasteiger partial charge in [0.05, 0.1) is 29.2 Å². The van der Waals surface area contributed by atoms with Crippen molar-refractivity contribution >= 4 is 21.6 Å². The summed E-state index contributed by atoms with van der Waals surface area (Å²) in [6.45, 7) is -0.252. The van der Waals surface area contributed by atoms with Crippen molar-refractivity contribution in [2.45, 2.75) is 17.1 Å². The van der Waals surface area contributed by atoms with Crippen LogP contribution < -0.4 is 15.0 Å². The van der Waals surface area contributed by atoms with Gasteiger partial charge in [0.25, 0.3) is 0 Å². The third-order valence-electron chi connectivity index (χ3n) is 5.34. The second kappa shape index (κ2) is 9.29. The zero-order valence-corrected chi connectivity index (χ0v) is 18.6. The van der Waals surface area contributed by atoms with Crippen LogP contribution >= 0.6 is 0 Å². The van der Waals surface area contributed by atoms with E-state index in [1.54, 1.807) is 0 Å². The first-order valence-corrected chi connectivity index (χ1v) is 11.2. The maximum Gasteiger partial charge on any atom is 0.417 e. The van der Waals surface area contributed by atoms with E-state index in [2.05, 4.69) is 5.32 Å². The monoisotopic (exact) mass is 482 g/mol. The van der Waals surface area contributed by atoms with Crippen molar-refractivity contribution in [3.8, 4) is 11.8 Å². The Bertz CT molecular complexity index is 1180. The quantitative estimate of drug-likeness (QED) is 0.701. The molecule has 2 aromatic carbocycles. The lowest BCUT2D eigenvalue weighted by Gasteiger charge is -2.40. The summed E-state index contributed by atoms with van der Waals surface area (Å²) in [6, 6.07) is 9.27. The molecule has 0 aromatic heterocycles. The fourth-order valence-corrected chi connectivity index (χ4v) is 5.18. The minimum atomic E-state index is -4.74. The van der Waals surface area contributed by atoms with Gasteiger partial charge in [-0.15, -0.1) is 0 Å². The fraction of sp³-hybridized carbons (Fsp3) is 0.333. The number of rotatable bonds is 5. The molecule has 1 heterocycles. The van der Waals surface area contributed by atoms with Gasteiger partial charge >= 0.3 is 6.18 Å². The molecule has 33 heavy (non-hydrogen) atoms. The Morgan fingerprint density at radius 3 is 2.39 bits per heavy atom. The number of amides is 1. The smallest absolute Gasteiger partial charge is 0.417 e. The van der Waals surface area contributed by atoms with Crippen LogP contribution in [0.25, 0.3) is 0 Å². The number of nitriles is 1. The maximum atomic E-state index is 13.4. The van der Waals surface area contributed by atoms with Crippen LogP contribution in [0.1, 0.15) is 11.1 Å². The molecule has 3 rings (SSSR count). The van der Waals surface area contributed by atoms with Crippen LogP contribution in [0.4, 0.5) is 18.9 Å². The number of hydrogen-bond donors (Lipinski definition) is 1. The van der Waals surface area contributed by atoms with Crippen molar-refractivity contribution in [2.24, 2.45) is 0 Å². The average Bonchev–Trinajstić information content (AvgIpc) is 2.82. The van der Waals surface area contributed by atoms with Crippen molar-refractivity contribution in [1.82, 2.24) is 9.62 Å². The van der Waals surface area contributed by atoms with Crippen LogP contribution in [0.3, 0.4) is 0 Å². The predicted molar refractivity (Wildman–Crippen MR) is 113 cm³/mol. The number of likely N-dealkylation sites (N-methyl/N-ethyl adjacent to an activating group) is 1. The van der Waals surface area contributed by atoms with Gasteiger partial charge in [-0.05, 0) is 42.5 Å². The minimum Gasteiger partial charge on any atom is -0.497 e. The zero-order valence-electron chi connectivity index (χ0n) is 17.8. The van der Waals surface area contributed by atoms with Crippen LogP contribution in [-0.2, 0) is 21.0 Å². The van der Waals surface area contributed by atoms with Crippen LogP contribution in [0.2, 0.25) is 0 Å². The third-order valence-corrected chi connectivity index (χ3v) is 7.26. The molecule has 0 bridgehead atoms. The molecule has 1 saturated heterocycles. The lowest BCUT2D eigenvalue weighted by Crippen LogP contribution is -2.60. The summed E-state index contributed by atoms with van der Waals surface area (Å²) in [4.78, 5) is 14.0. The summed E-state index contributed by atoms with van der Waals surface area (Å²) in [5.74, 6) is -0.135. The van der Waals surface area contributed by atoms with Crippen LogP contribution in [-0.4, -0.2) is 58.5 Å². The molecule has 2 aromatic rings. The number of anilines is 1. The molecule has 1 atom stereocenters. The first-order chi connectivity index (χ1) is 15.5. The number of nitrogens with one attached hydrogen (secondary N) is 1. The lowest BCUT2D eigenvalue weighted by molar-refractivity contribution is -0.137. The van der Waals surface area contributed by atoms with Crippen LogP contribution in [0.5, 0.6) is 5.75 Å². The van der Waals surface area contributed by atoms with E-state index in [1.165, 1.54) is 55.5 Å². The highest BCUT2D eigenvalue weighted by Crippen LogP contribution is 2.35. The van der Waals surface area contributed by atoms with Crippen LogP contribution in [0.15, 0.2) is 47.4 Å². The Hall–Kier alpha value is -3.30. The SMILES string of the molecule is CNC(=O)C1CN(c2ccc(C#N)c(C(F)(F)F)c2)CCN1S(=O)(=O)c1ccc(OC)cc1. The number of carbonyl (C=O) groups is 1. The number of halogens is 3. The Labute approximate surface area is 189 Å².